The van der Waals surface area contributed by atoms with Crippen LogP contribution in [0.1, 0.15) is 34.1 Å². The first kappa shape index (κ1) is 19.9. The SMILES string of the molecule is CC(COc1ccc(Cl)cc1)CC(O)(Cn1[nH]cnc1=S)C(C)(C)C. The number of aliphatic hydroxyl groups is 1. The summed E-state index contributed by atoms with van der Waals surface area (Å²) < 4.78 is 7.96. The maximum absolute atomic E-state index is 11.4. The van der Waals surface area contributed by atoms with Gasteiger partial charge >= 0.3 is 0 Å². The molecule has 0 radical (unpaired) electrons. The van der Waals surface area contributed by atoms with E-state index in [0.717, 1.165) is 5.75 Å². The largest absolute Gasteiger partial charge is 0.493 e. The average molecular weight is 384 g/mol. The number of H-pyrrole nitrogens is 1. The van der Waals surface area contributed by atoms with Crippen molar-refractivity contribution in [2.45, 2.75) is 46.3 Å². The minimum absolute atomic E-state index is 0.150. The third kappa shape index (κ3) is 5.30. The molecule has 0 aliphatic heterocycles. The Labute approximate surface area is 159 Å². The molecule has 2 N–H and O–H groups in total. The first-order chi connectivity index (χ1) is 11.6. The maximum atomic E-state index is 11.4. The van der Waals surface area contributed by atoms with Gasteiger partial charge in [-0.15, -0.1) is 0 Å². The zero-order valence-electron chi connectivity index (χ0n) is 15.1. The summed E-state index contributed by atoms with van der Waals surface area (Å²) in [7, 11) is 0. The Morgan fingerprint density at radius 1 is 1.32 bits per heavy atom. The van der Waals surface area contributed by atoms with Crippen LogP contribution in [0.2, 0.25) is 5.02 Å². The van der Waals surface area contributed by atoms with Crippen molar-refractivity contribution in [2.75, 3.05) is 6.61 Å². The van der Waals surface area contributed by atoms with Crippen molar-refractivity contribution in [1.82, 2.24) is 14.8 Å². The molecule has 1 heterocycles. The van der Waals surface area contributed by atoms with E-state index in [4.69, 9.17) is 28.6 Å². The Morgan fingerprint density at radius 2 is 1.96 bits per heavy atom. The van der Waals surface area contributed by atoms with E-state index in [-0.39, 0.29) is 11.3 Å². The Hall–Kier alpha value is -1.37. The molecule has 2 rings (SSSR count). The van der Waals surface area contributed by atoms with Crippen molar-refractivity contribution in [3.05, 3.63) is 40.4 Å². The van der Waals surface area contributed by atoms with E-state index < -0.39 is 5.60 Å². The third-order valence-corrected chi connectivity index (χ3v) is 5.05. The predicted molar refractivity (Wildman–Crippen MR) is 103 cm³/mol. The van der Waals surface area contributed by atoms with Crippen LogP contribution < -0.4 is 4.74 Å². The number of rotatable bonds is 7. The number of nitrogens with one attached hydrogen (secondary N) is 1. The van der Waals surface area contributed by atoms with Gasteiger partial charge in [0.15, 0.2) is 0 Å². The molecule has 0 saturated heterocycles. The van der Waals surface area contributed by atoms with E-state index >= 15 is 0 Å². The summed E-state index contributed by atoms with van der Waals surface area (Å²) in [5.74, 6) is 0.920. The lowest BCUT2D eigenvalue weighted by Gasteiger charge is -2.42. The Balaban J connectivity index is 2.04. The zero-order chi connectivity index (χ0) is 18.7. The fourth-order valence-electron chi connectivity index (χ4n) is 2.67. The van der Waals surface area contributed by atoms with Gasteiger partial charge < -0.3 is 9.84 Å². The Kier molecular flexibility index (Phi) is 6.30. The lowest BCUT2D eigenvalue weighted by atomic mass is 9.72. The van der Waals surface area contributed by atoms with Crippen LogP contribution in [0.3, 0.4) is 0 Å². The van der Waals surface area contributed by atoms with Crippen molar-refractivity contribution in [2.24, 2.45) is 11.3 Å². The summed E-state index contributed by atoms with van der Waals surface area (Å²) in [6, 6.07) is 7.28. The van der Waals surface area contributed by atoms with E-state index in [9.17, 15) is 5.11 Å². The summed E-state index contributed by atoms with van der Waals surface area (Å²) in [6.07, 6.45) is 2.11. The van der Waals surface area contributed by atoms with Gasteiger partial charge in [-0.3, -0.25) is 9.78 Å². The summed E-state index contributed by atoms with van der Waals surface area (Å²) in [6.45, 7) is 9.02. The molecule has 0 aliphatic carbocycles. The van der Waals surface area contributed by atoms with Gasteiger partial charge in [0.05, 0.1) is 18.8 Å². The lowest BCUT2D eigenvalue weighted by molar-refractivity contribution is -0.0919. The molecular weight excluding hydrogens is 358 g/mol. The highest BCUT2D eigenvalue weighted by Gasteiger charge is 2.41. The number of aromatic nitrogens is 3. The number of aromatic amines is 1. The van der Waals surface area contributed by atoms with Crippen LogP contribution >= 0.6 is 23.8 Å². The smallest absolute Gasteiger partial charge is 0.215 e. The van der Waals surface area contributed by atoms with Crippen LogP contribution in [-0.4, -0.2) is 32.1 Å². The van der Waals surface area contributed by atoms with Crippen molar-refractivity contribution in [3.63, 3.8) is 0 Å². The van der Waals surface area contributed by atoms with Gasteiger partial charge in [-0.05, 0) is 54.2 Å². The third-order valence-electron chi connectivity index (χ3n) is 4.47. The second kappa shape index (κ2) is 7.89. The van der Waals surface area contributed by atoms with Gasteiger partial charge in [-0.2, -0.15) is 0 Å². The molecule has 5 nitrogen and oxygen atoms in total. The molecule has 1 aromatic carbocycles. The van der Waals surface area contributed by atoms with Crippen LogP contribution in [0.25, 0.3) is 0 Å². The standard InChI is InChI=1S/C18H26ClN3O2S/c1-13(10-24-15-7-5-14(19)6-8-15)9-18(23,17(2,3)4)11-22-16(25)20-12-21-22/h5-8,12-13,23H,9-11H2,1-4H3,(H,20,21,25). The summed E-state index contributed by atoms with van der Waals surface area (Å²) in [4.78, 5) is 4.02. The molecule has 0 bridgehead atoms. The van der Waals surface area contributed by atoms with Gasteiger partial charge in [-0.25, -0.2) is 4.98 Å². The molecule has 138 valence electrons. The molecule has 2 unspecified atom stereocenters. The lowest BCUT2D eigenvalue weighted by Crippen LogP contribution is -2.48. The van der Waals surface area contributed by atoms with Crippen LogP contribution in [-0.2, 0) is 6.54 Å². The van der Waals surface area contributed by atoms with E-state index in [1.807, 2.05) is 32.9 Å². The first-order valence-electron chi connectivity index (χ1n) is 8.32. The van der Waals surface area contributed by atoms with Crippen molar-refractivity contribution in [1.29, 1.82) is 0 Å². The summed E-state index contributed by atoms with van der Waals surface area (Å²) in [5.41, 5.74) is -1.29. The normalized spacial score (nSPS) is 15.6. The second-order valence-corrected chi connectivity index (χ2v) is 8.41. The topological polar surface area (TPSA) is 63.1 Å². The molecule has 0 amide bonds. The molecule has 2 aromatic rings. The Bertz CT molecular complexity index is 736. The molecule has 0 spiro atoms. The highest BCUT2D eigenvalue weighted by Crippen LogP contribution is 2.37. The van der Waals surface area contributed by atoms with Crippen LogP contribution in [0, 0.1) is 16.1 Å². The van der Waals surface area contributed by atoms with Crippen LogP contribution in [0.5, 0.6) is 5.75 Å². The van der Waals surface area contributed by atoms with Gasteiger partial charge in [0.25, 0.3) is 0 Å². The summed E-state index contributed by atoms with van der Waals surface area (Å²) in [5, 5.41) is 15.0. The Morgan fingerprint density at radius 3 is 2.48 bits per heavy atom. The van der Waals surface area contributed by atoms with Gasteiger partial charge in [0, 0.05) is 5.02 Å². The molecular formula is C18H26ClN3O2S. The van der Waals surface area contributed by atoms with Crippen molar-refractivity contribution >= 4 is 23.8 Å². The number of ether oxygens (including phenoxy) is 1. The second-order valence-electron chi connectivity index (χ2n) is 7.61. The number of hydrogen-bond donors (Lipinski definition) is 2. The monoisotopic (exact) mass is 383 g/mol. The zero-order valence-corrected chi connectivity index (χ0v) is 16.7. The minimum Gasteiger partial charge on any atom is -0.493 e. The molecule has 1 aromatic heterocycles. The predicted octanol–water partition coefficient (Wildman–Crippen LogP) is 4.48. The fourth-order valence-corrected chi connectivity index (χ4v) is 2.96. The highest BCUT2D eigenvalue weighted by atomic mass is 35.5. The minimum atomic E-state index is -0.958. The number of hydrogen-bond acceptors (Lipinski definition) is 4. The van der Waals surface area contributed by atoms with E-state index in [1.54, 1.807) is 23.1 Å². The van der Waals surface area contributed by atoms with Crippen LogP contribution in [0.4, 0.5) is 0 Å². The first-order valence-corrected chi connectivity index (χ1v) is 9.10. The number of nitrogens with zero attached hydrogens (tertiary/aromatic N) is 2. The van der Waals surface area contributed by atoms with E-state index in [1.165, 1.54) is 0 Å². The van der Waals surface area contributed by atoms with Crippen LogP contribution in [0.15, 0.2) is 30.6 Å². The van der Waals surface area contributed by atoms with Crippen molar-refractivity contribution < 1.29 is 9.84 Å². The van der Waals surface area contributed by atoms with Gasteiger partial charge in [-0.1, -0.05) is 39.3 Å². The van der Waals surface area contributed by atoms with E-state index in [2.05, 4.69) is 17.0 Å². The quantitative estimate of drug-likeness (QED) is 0.692. The van der Waals surface area contributed by atoms with Crippen molar-refractivity contribution in [3.8, 4) is 5.75 Å². The average Bonchev–Trinajstić information content (AvgIpc) is 2.90. The molecule has 7 heteroatoms. The molecule has 0 aliphatic rings. The number of halogens is 1. The number of benzene rings is 1. The van der Waals surface area contributed by atoms with Gasteiger partial charge in [0.2, 0.25) is 4.77 Å². The molecule has 2 atom stereocenters. The van der Waals surface area contributed by atoms with Gasteiger partial charge in [0.1, 0.15) is 12.1 Å². The van der Waals surface area contributed by atoms with E-state index in [0.29, 0.717) is 29.4 Å². The molecule has 25 heavy (non-hydrogen) atoms. The fraction of sp³-hybridized carbons (Fsp3) is 0.556. The molecule has 0 saturated carbocycles. The molecule has 0 fully saturated rings. The highest BCUT2D eigenvalue weighted by molar-refractivity contribution is 7.71. The summed E-state index contributed by atoms with van der Waals surface area (Å²) >= 11 is 11.1. The maximum Gasteiger partial charge on any atom is 0.215 e.